The molecule has 23 heteroatoms. The number of hydrogen-bond donors (Lipinski definition) is 4. The number of anilines is 1. The number of carbonyl (C=O) groups excluding carboxylic acids is 2. The quantitative estimate of drug-likeness (QED) is 0.0949. The highest BCUT2D eigenvalue weighted by Crippen LogP contribution is 2.50. The molecule has 0 aromatic heterocycles. The number of aromatic carboxylic acids is 1. The van der Waals surface area contributed by atoms with Crippen molar-refractivity contribution in [2.75, 3.05) is 41.8 Å². The minimum Gasteiger partial charge on any atom is -0.748 e. The second-order valence-electron chi connectivity index (χ2n) is 14.9. The Kier molecular flexibility index (Phi) is 16.1. The average Bonchev–Trinajstić information content (AvgIpc) is 3.44. The van der Waals surface area contributed by atoms with Crippen LogP contribution in [0.1, 0.15) is 103 Å². The van der Waals surface area contributed by atoms with E-state index in [0.717, 1.165) is 0 Å². The molecule has 0 radical (unpaired) electrons. The van der Waals surface area contributed by atoms with Gasteiger partial charge in [-0.05, 0) is 51.0 Å². The molecule has 4 rings (SSSR count). The molecule has 2 heterocycles. The zero-order valence-electron chi connectivity index (χ0n) is 33.4. The minimum atomic E-state index is -4.61. The average molecular weight is 918 g/mol. The lowest BCUT2D eigenvalue weighted by Gasteiger charge is -2.27. The lowest BCUT2D eigenvalue weighted by Crippen LogP contribution is -2.31. The first-order chi connectivity index (χ1) is 27.5. The number of carbonyl (C=O) groups is 3. The Labute approximate surface area is 350 Å². The maximum atomic E-state index is 13.7. The highest BCUT2D eigenvalue weighted by molar-refractivity contribution is 7.86. The van der Waals surface area contributed by atoms with Crippen LogP contribution in [0.2, 0.25) is 0 Å². The van der Waals surface area contributed by atoms with Crippen molar-refractivity contribution >= 4 is 75.7 Å². The van der Waals surface area contributed by atoms with Crippen molar-refractivity contribution in [2.24, 2.45) is 0 Å². The molecule has 0 bridgehead atoms. The molecule has 0 fully saturated rings. The number of rotatable bonds is 18. The van der Waals surface area contributed by atoms with Crippen LogP contribution < -0.4 is 10.2 Å². The third-order valence-corrected chi connectivity index (χ3v) is 12.2. The van der Waals surface area contributed by atoms with Gasteiger partial charge in [0, 0.05) is 77.3 Å². The normalized spacial score (nSPS) is 16.3. The van der Waals surface area contributed by atoms with Crippen molar-refractivity contribution in [1.82, 2.24) is 5.32 Å². The molecule has 0 saturated carbocycles. The van der Waals surface area contributed by atoms with Crippen molar-refractivity contribution in [3.8, 4) is 0 Å². The van der Waals surface area contributed by atoms with Gasteiger partial charge < -0.3 is 19.9 Å². The molecule has 2 aromatic carbocycles. The Hall–Kier alpha value is -4.65. The number of Topliss-reactive ketones (excluding diaryl/α,β-unsaturated/α-hetero) is 1. The van der Waals surface area contributed by atoms with E-state index >= 15 is 0 Å². The van der Waals surface area contributed by atoms with Gasteiger partial charge in [-0.3, -0.25) is 18.7 Å². The van der Waals surface area contributed by atoms with E-state index in [-0.39, 0.29) is 54.8 Å². The standard InChI is InChI=1S/C37H47N3O13S3.O3S/c1-6-11-29(41)24-22-26(34(42)38-16-21-56(51,52)53)33-28(23-24)40(18-10-20-55(48,49)50)31(37(33,4)5)15-8-14-30-36(2,3)32-25(35(43)44)12-7-13-27(32)39(30)17-9-19-54(45,46)47;1-4(2)3/h7-8,12-15,22-23H,6,9-11,16-21H2,1-5H3,(H4-,38,42,43,44,45,46,47,48,49,50,51,52,53);. The highest BCUT2D eigenvalue weighted by Gasteiger charge is 2.47. The monoisotopic (exact) mass is 917 g/mol. The Bertz CT molecular complexity index is 2590. The summed E-state index contributed by atoms with van der Waals surface area (Å²) in [4.78, 5) is 41.0. The summed E-state index contributed by atoms with van der Waals surface area (Å²) in [7, 11) is -16.4. The molecule has 2 aliphatic rings. The molecule has 0 saturated heterocycles. The number of nitrogens with one attached hydrogen (secondary N) is 1. The summed E-state index contributed by atoms with van der Waals surface area (Å²) in [5, 5.41) is 12.5. The molecule has 4 N–H and O–H groups in total. The number of carboxylic acid groups (broad SMARTS) is 1. The summed E-state index contributed by atoms with van der Waals surface area (Å²) < 4.78 is 127. The van der Waals surface area contributed by atoms with Crippen LogP contribution in [0, 0.1) is 0 Å². The van der Waals surface area contributed by atoms with E-state index in [0.29, 0.717) is 40.3 Å². The summed E-state index contributed by atoms with van der Waals surface area (Å²) in [5.41, 5.74) is 1.29. The molecule has 0 aliphatic carbocycles. The van der Waals surface area contributed by atoms with E-state index in [1.165, 1.54) is 12.1 Å². The molecule has 330 valence electrons. The van der Waals surface area contributed by atoms with Gasteiger partial charge in [0.25, 0.3) is 26.1 Å². The number of benzene rings is 2. The zero-order chi connectivity index (χ0) is 45.6. The number of nitrogens with zero attached hydrogens (tertiary/aromatic N) is 2. The van der Waals surface area contributed by atoms with Crippen molar-refractivity contribution in [3.63, 3.8) is 0 Å². The van der Waals surface area contributed by atoms with Gasteiger partial charge in [0.15, 0.2) is 11.5 Å². The molecule has 19 nitrogen and oxygen atoms in total. The fraction of sp³-hybridized carbons (Fsp3) is 0.459. The lowest BCUT2D eigenvalue weighted by atomic mass is 9.78. The first-order valence-corrected chi connectivity index (χ1v) is 24.1. The van der Waals surface area contributed by atoms with Crippen LogP contribution >= 0.6 is 0 Å². The number of carboxylic acids is 1. The summed E-state index contributed by atoms with van der Waals surface area (Å²) in [5.74, 6) is -4.16. The van der Waals surface area contributed by atoms with E-state index in [1.807, 2.05) is 13.8 Å². The van der Waals surface area contributed by atoms with Gasteiger partial charge in [-0.2, -0.15) is 21.4 Å². The highest BCUT2D eigenvalue weighted by atomic mass is 32.2. The molecule has 2 aliphatic heterocycles. The second kappa shape index (κ2) is 19.4. The fourth-order valence-electron chi connectivity index (χ4n) is 7.50. The summed E-state index contributed by atoms with van der Waals surface area (Å²) in [6, 6.07) is 7.78. The molecule has 60 heavy (non-hydrogen) atoms. The number of allylic oxidation sites excluding steroid dienone is 4. The second-order valence-corrected chi connectivity index (χ2v) is 20.0. The third-order valence-electron chi connectivity index (χ3n) is 9.84. The van der Waals surface area contributed by atoms with Gasteiger partial charge in [0.05, 0.1) is 38.2 Å². The lowest BCUT2D eigenvalue weighted by molar-refractivity contribution is -0.437. The first kappa shape index (κ1) is 49.7. The number of ketones is 1. The van der Waals surface area contributed by atoms with E-state index in [4.69, 9.17) is 12.6 Å². The molecular weight excluding hydrogens is 871 g/mol. The Balaban J connectivity index is 0.00000229. The molecule has 1 amide bonds. The summed E-state index contributed by atoms with van der Waals surface area (Å²) >= 11 is 0. The van der Waals surface area contributed by atoms with Crippen LogP contribution in [0.25, 0.3) is 0 Å². The molecule has 2 aromatic rings. The molecule has 0 unspecified atom stereocenters. The number of hydrogen-bond acceptors (Lipinski definition) is 14. The first-order valence-electron chi connectivity index (χ1n) is 18.3. The Morgan fingerprint density at radius 3 is 2.05 bits per heavy atom. The van der Waals surface area contributed by atoms with Crippen LogP contribution in [-0.2, 0) is 51.8 Å². The van der Waals surface area contributed by atoms with Crippen molar-refractivity contribution in [1.29, 1.82) is 0 Å². The predicted molar refractivity (Wildman–Crippen MR) is 218 cm³/mol. The van der Waals surface area contributed by atoms with Gasteiger partial charge in [-0.15, -0.1) is 12.6 Å². The van der Waals surface area contributed by atoms with E-state index < -0.39 is 87.5 Å². The molecule has 0 atom stereocenters. The van der Waals surface area contributed by atoms with Crippen molar-refractivity contribution < 1.29 is 75.6 Å². The van der Waals surface area contributed by atoms with Gasteiger partial charge in [-0.25, -0.2) is 13.2 Å². The molecular formula is C37H47N3O16S4. The molecule has 0 spiro atoms. The van der Waals surface area contributed by atoms with Gasteiger partial charge in [-0.1, -0.05) is 32.9 Å². The number of amides is 1. The summed E-state index contributed by atoms with van der Waals surface area (Å²) in [6.45, 7) is 8.68. The van der Waals surface area contributed by atoms with Crippen molar-refractivity contribution in [3.05, 3.63) is 82.1 Å². The summed E-state index contributed by atoms with van der Waals surface area (Å²) in [6.07, 6.45) is 5.64. The van der Waals surface area contributed by atoms with Crippen LogP contribution in [0.4, 0.5) is 11.4 Å². The maximum Gasteiger partial charge on any atom is 0.425 e. The van der Waals surface area contributed by atoms with Crippen LogP contribution in [-0.4, -0.2) is 121 Å². The van der Waals surface area contributed by atoms with E-state index in [2.05, 4.69) is 5.32 Å². The third kappa shape index (κ3) is 12.7. The van der Waals surface area contributed by atoms with Gasteiger partial charge in [0.1, 0.15) is 6.54 Å². The van der Waals surface area contributed by atoms with Crippen LogP contribution in [0.5, 0.6) is 0 Å². The van der Waals surface area contributed by atoms with E-state index in [9.17, 15) is 58.4 Å². The fourth-order valence-corrected chi connectivity index (χ4v) is 8.84. The predicted octanol–water partition coefficient (Wildman–Crippen LogP) is 2.81. The van der Waals surface area contributed by atoms with Crippen LogP contribution in [0.15, 0.2) is 54.3 Å². The largest absolute Gasteiger partial charge is 0.748 e. The SMILES string of the molecule is CCCC(=O)c1cc(C(=O)NCCS(=O)(=O)O)c2c(c1)N(CCCS(=O)(=O)[O-])C(=CC=CC1=[N+](CCCS(=O)(=O)O)c3cccc(C(=O)O)c3C1(C)C)C2(C)C.O=S(=O)=O. The Morgan fingerprint density at radius 2 is 1.50 bits per heavy atom. The van der Waals surface area contributed by atoms with Crippen LogP contribution in [0.3, 0.4) is 0 Å². The van der Waals surface area contributed by atoms with Gasteiger partial charge >= 0.3 is 16.6 Å². The zero-order valence-corrected chi connectivity index (χ0v) is 36.6. The van der Waals surface area contributed by atoms with Crippen molar-refractivity contribution in [2.45, 2.75) is 71.1 Å². The van der Waals surface area contributed by atoms with Gasteiger partial charge in [0.2, 0.25) is 5.69 Å². The van der Waals surface area contributed by atoms with E-state index in [1.54, 1.807) is 66.7 Å². The topological polar surface area (TPSA) is 307 Å². The smallest absolute Gasteiger partial charge is 0.425 e. The Morgan fingerprint density at radius 1 is 0.883 bits per heavy atom. The minimum absolute atomic E-state index is 0.0109. The number of fused-ring (bicyclic) bond motifs is 2. The maximum absolute atomic E-state index is 13.7.